The molecule has 1 unspecified atom stereocenters. The maximum absolute atomic E-state index is 9.36. The van der Waals surface area contributed by atoms with Crippen molar-refractivity contribution in [3.63, 3.8) is 0 Å². The van der Waals surface area contributed by atoms with Gasteiger partial charge in [-0.05, 0) is 65.0 Å². The molecule has 1 saturated carbocycles. The quantitative estimate of drug-likeness (QED) is 0.884. The molecule has 3 nitrogen and oxygen atoms in total. The first-order valence-corrected chi connectivity index (χ1v) is 7.11. The lowest BCUT2D eigenvalue weighted by atomic mass is 9.75. The monoisotopic (exact) mass is 262 g/mol. The summed E-state index contributed by atoms with van der Waals surface area (Å²) in [5.41, 5.74) is 1.62. The van der Waals surface area contributed by atoms with Crippen LogP contribution in [0.1, 0.15) is 37.8 Å². The lowest BCUT2D eigenvalue weighted by molar-refractivity contribution is 0.0179. The standard InChI is InChI=1S/C16H26N2O/c1-13(14-6-8-15(19)9-7-14)18(4)12-16(17(2)3)10-5-11-16/h6-9,13,19H,5,10-12H2,1-4H3. The molecule has 0 spiro atoms. The van der Waals surface area contributed by atoms with Crippen molar-refractivity contribution in [1.82, 2.24) is 9.80 Å². The first-order chi connectivity index (χ1) is 8.94. The van der Waals surface area contributed by atoms with Gasteiger partial charge in [0, 0.05) is 18.1 Å². The lowest BCUT2D eigenvalue weighted by Crippen LogP contribution is -2.56. The van der Waals surface area contributed by atoms with Crippen molar-refractivity contribution in [2.24, 2.45) is 0 Å². The van der Waals surface area contributed by atoms with E-state index in [9.17, 15) is 5.11 Å². The molecule has 0 aliphatic heterocycles. The predicted octanol–water partition coefficient (Wildman–Crippen LogP) is 2.87. The zero-order valence-corrected chi connectivity index (χ0v) is 12.6. The lowest BCUT2D eigenvalue weighted by Gasteiger charge is -2.50. The summed E-state index contributed by atoms with van der Waals surface area (Å²) in [5, 5.41) is 9.36. The van der Waals surface area contributed by atoms with Gasteiger partial charge in [-0.25, -0.2) is 0 Å². The van der Waals surface area contributed by atoms with Gasteiger partial charge >= 0.3 is 0 Å². The van der Waals surface area contributed by atoms with Gasteiger partial charge in [0.2, 0.25) is 0 Å². The third-order valence-corrected chi connectivity index (χ3v) is 4.81. The van der Waals surface area contributed by atoms with E-state index in [4.69, 9.17) is 0 Å². The highest BCUT2D eigenvalue weighted by atomic mass is 16.3. The van der Waals surface area contributed by atoms with Crippen molar-refractivity contribution in [3.05, 3.63) is 29.8 Å². The summed E-state index contributed by atoms with van der Waals surface area (Å²) in [6.07, 6.45) is 3.94. The maximum Gasteiger partial charge on any atom is 0.115 e. The summed E-state index contributed by atoms with van der Waals surface area (Å²) in [7, 11) is 6.58. The van der Waals surface area contributed by atoms with E-state index < -0.39 is 0 Å². The predicted molar refractivity (Wildman–Crippen MR) is 79.4 cm³/mol. The first kappa shape index (κ1) is 14.4. The smallest absolute Gasteiger partial charge is 0.115 e. The van der Waals surface area contributed by atoms with Crippen molar-refractivity contribution < 1.29 is 5.11 Å². The number of benzene rings is 1. The summed E-state index contributed by atoms with van der Waals surface area (Å²) in [5.74, 6) is 0.336. The molecule has 0 saturated heterocycles. The van der Waals surface area contributed by atoms with E-state index in [1.54, 1.807) is 12.1 Å². The Morgan fingerprint density at radius 3 is 2.16 bits per heavy atom. The molecule has 0 amide bonds. The molecule has 1 aromatic carbocycles. The number of phenolic OH excluding ortho intramolecular Hbond substituents is 1. The number of hydrogen-bond donors (Lipinski definition) is 1. The van der Waals surface area contributed by atoms with E-state index in [1.165, 1.54) is 24.8 Å². The molecule has 1 aliphatic carbocycles. The van der Waals surface area contributed by atoms with Crippen LogP contribution in [-0.2, 0) is 0 Å². The summed E-state index contributed by atoms with van der Waals surface area (Å²) in [6.45, 7) is 3.33. The van der Waals surface area contributed by atoms with Crippen LogP contribution < -0.4 is 0 Å². The van der Waals surface area contributed by atoms with Crippen LogP contribution in [0.2, 0.25) is 0 Å². The fourth-order valence-corrected chi connectivity index (χ4v) is 2.94. The van der Waals surface area contributed by atoms with Gasteiger partial charge in [0.15, 0.2) is 0 Å². The second kappa shape index (κ2) is 5.51. The number of likely N-dealkylation sites (N-methyl/N-ethyl adjacent to an activating group) is 2. The highest BCUT2D eigenvalue weighted by molar-refractivity contribution is 5.27. The number of rotatable bonds is 5. The van der Waals surface area contributed by atoms with Gasteiger partial charge in [0.1, 0.15) is 5.75 Å². The van der Waals surface area contributed by atoms with Crippen molar-refractivity contribution in [3.8, 4) is 5.75 Å². The minimum Gasteiger partial charge on any atom is -0.508 e. The summed E-state index contributed by atoms with van der Waals surface area (Å²) < 4.78 is 0. The zero-order chi connectivity index (χ0) is 14.0. The third kappa shape index (κ3) is 2.93. The third-order valence-electron chi connectivity index (χ3n) is 4.81. The van der Waals surface area contributed by atoms with Gasteiger partial charge in [0.25, 0.3) is 0 Å². The topological polar surface area (TPSA) is 26.7 Å². The van der Waals surface area contributed by atoms with E-state index in [0.29, 0.717) is 17.3 Å². The van der Waals surface area contributed by atoms with E-state index in [0.717, 1.165) is 6.54 Å². The fraction of sp³-hybridized carbons (Fsp3) is 0.625. The van der Waals surface area contributed by atoms with Crippen LogP contribution >= 0.6 is 0 Å². The summed E-state index contributed by atoms with van der Waals surface area (Å²) in [4.78, 5) is 4.81. The van der Waals surface area contributed by atoms with Crippen molar-refractivity contribution in [2.75, 3.05) is 27.7 Å². The fourth-order valence-electron chi connectivity index (χ4n) is 2.94. The van der Waals surface area contributed by atoms with Crippen LogP contribution in [0, 0.1) is 0 Å². The van der Waals surface area contributed by atoms with Gasteiger partial charge in [-0.1, -0.05) is 12.1 Å². The summed E-state index contributed by atoms with van der Waals surface area (Å²) in [6, 6.07) is 7.94. The van der Waals surface area contributed by atoms with E-state index in [1.807, 2.05) is 12.1 Å². The van der Waals surface area contributed by atoms with Crippen LogP contribution in [0.25, 0.3) is 0 Å². The van der Waals surface area contributed by atoms with Crippen molar-refractivity contribution in [1.29, 1.82) is 0 Å². The number of phenols is 1. The molecule has 19 heavy (non-hydrogen) atoms. The molecule has 2 rings (SSSR count). The Morgan fingerprint density at radius 1 is 1.16 bits per heavy atom. The van der Waals surface area contributed by atoms with Crippen LogP contribution in [0.15, 0.2) is 24.3 Å². The summed E-state index contributed by atoms with van der Waals surface area (Å²) >= 11 is 0. The van der Waals surface area contributed by atoms with Crippen molar-refractivity contribution in [2.45, 2.75) is 37.8 Å². The molecule has 0 heterocycles. The van der Waals surface area contributed by atoms with Crippen molar-refractivity contribution >= 4 is 0 Å². The van der Waals surface area contributed by atoms with Crippen LogP contribution in [0.4, 0.5) is 0 Å². The Balaban J connectivity index is 2.03. The van der Waals surface area contributed by atoms with Crippen LogP contribution in [0.3, 0.4) is 0 Å². The number of aromatic hydroxyl groups is 1. The molecule has 1 aliphatic rings. The number of nitrogens with zero attached hydrogens (tertiary/aromatic N) is 2. The Kier molecular flexibility index (Phi) is 4.16. The molecule has 106 valence electrons. The minimum absolute atomic E-state index is 0.336. The van der Waals surface area contributed by atoms with E-state index in [2.05, 4.69) is 37.9 Å². The highest BCUT2D eigenvalue weighted by Crippen LogP contribution is 2.38. The average molecular weight is 262 g/mol. The molecule has 3 heteroatoms. The second-order valence-electron chi connectivity index (χ2n) is 6.15. The Bertz CT molecular complexity index is 409. The van der Waals surface area contributed by atoms with Gasteiger partial charge in [-0.3, -0.25) is 4.90 Å². The van der Waals surface area contributed by atoms with E-state index >= 15 is 0 Å². The molecule has 1 atom stereocenters. The minimum atomic E-state index is 0.336. The zero-order valence-electron chi connectivity index (χ0n) is 12.6. The first-order valence-electron chi connectivity index (χ1n) is 7.11. The Morgan fingerprint density at radius 2 is 1.74 bits per heavy atom. The van der Waals surface area contributed by atoms with Gasteiger partial charge in [-0.2, -0.15) is 0 Å². The van der Waals surface area contributed by atoms with E-state index in [-0.39, 0.29) is 0 Å². The molecule has 1 fully saturated rings. The van der Waals surface area contributed by atoms with Gasteiger partial charge in [0.05, 0.1) is 0 Å². The molecule has 1 aromatic rings. The Hall–Kier alpha value is -1.06. The number of hydrogen-bond acceptors (Lipinski definition) is 3. The largest absolute Gasteiger partial charge is 0.508 e. The van der Waals surface area contributed by atoms with Gasteiger partial charge in [-0.15, -0.1) is 0 Å². The highest BCUT2D eigenvalue weighted by Gasteiger charge is 2.40. The second-order valence-corrected chi connectivity index (χ2v) is 6.15. The average Bonchev–Trinajstić information content (AvgIpc) is 2.33. The van der Waals surface area contributed by atoms with Gasteiger partial charge < -0.3 is 10.0 Å². The normalized spacial score (nSPS) is 19.5. The molecular formula is C16H26N2O. The maximum atomic E-state index is 9.36. The molecule has 0 bridgehead atoms. The molecule has 0 radical (unpaired) electrons. The SMILES string of the molecule is CC(c1ccc(O)cc1)N(C)CC1(N(C)C)CCC1. The molecule has 1 N–H and O–H groups in total. The van der Waals surface area contributed by atoms with Crippen LogP contribution in [0.5, 0.6) is 5.75 Å². The molecular weight excluding hydrogens is 236 g/mol. The molecule has 0 aromatic heterocycles. The Labute approximate surface area is 116 Å². The van der Waals surface area contributed by atoms with Crippen LogP contribution in [-0.4, -0.2) is 48.1 Å².